The van der Waals surface area contributed by atoms with E-state index < -0.39 is 6.04 Å². The van der Waals surface area contributed by atoms with E-state index in [2.05, 4.69) is 17.6 Å². The summed E-state index contributed by atoms with van der Waals surface area (Å²) in [4.78, 5) is 24.1. The Bertz CT molecular complexity index is 277. The van der Waals surface area contributed by atoms with Crippen molar-refractivity contribution in [2.45, 2.75) is 66.3 Å². The maximum atomic E-state index is 12.1. The normalized spacial score (nSPS) is 14.0. The number of carbonyl (C=O) groups excluding carboxylic acids is 2. The first-order chi connectivity index (χ1) is 8.97. The Labute approximate surface area is 117 Å². The van der Waals surface area contributed by atoms with Crippen molar-refractivity contribution in [3.05, 3.63) is 0 Å². The molecule has 0 aromatic heterocycles. The van der Waals surface area contributed by atoms with Crippen molar-refractivity contribution in [3.8, 4) is 0 Å². The number of amides is 2. The van der Waals surface area contributed by atoms with Crippen LogP contribution in [0.15, 0.2) is 0 Å². The summed E-state index contributed by atoms with van der Waals surface area (Å²) in [5.41, 5.74) is 0. The van der Waals surface area contributed by atoms with E-state index in [1.807, 2.05) is 27.7 Å². The number of carbonyl (C=O) groups is 2. The SMILES string of the molecule is CCCCNC(=O)C(CC)NC(=O)C(CC)C(C)C. The summed E-state index contributed by atoms with van der Waals surface area (Å²) in [5, 5.41) is 5.75. The number of hydrogen-bond donors (Lipinski definition) is 2. The topological polar surface area (TPSA) is 58.2 Å². The van der Waals surface area contributed by atoms with Crippen molar-refractivity contribution in [1.82, 2.24) is 10.6 Å². The van der Waals surface area contributed by atoms with Crippen LogP contribution >= 0.6 is 0 Å². The lowest BCUT2D eigenvalue weighted by Crippen LogP contribution is -2.48. The van der Waals surface area contributed by atoms with Crippen LogP contribution < -0.4 is 10.6 Å². The van der Waals surface area contributed by atoms with Crippen LogP contribution in [0.2, 0.25) is 0 Å². The second-order valence-corrected chi connectivity index (χ2v) is 5.37. The molecule has 0 aliphatic rings. The van der Waals surface area contributed by atoms with Crippen molar-refractivity contribution in [2.24, 2.45) is 11.8 Å². The molecule has 19 heavy (non-hydrogen) atoms. The van der Waals surface area contributed by atoms with Crippen LogP contribution in [0.3, 0.4) is 0 Å². The van der Waals surface area contributed by atoms with Crippen molar-refractivity contribution < 1.29 is 9.59 Å². The zero-order valence-electron chi connectivity index (χ0n) is 13.1. The summed E-state index contributed by atoms with van der Waals surface area (Å²) in [7, 11) is 0. The molecule has 0 spiro atoms. The van der Waals surface area contributed by atoms with Gasteiger partial charge in [0.25, 0.3) is 0 Å². The Morgan fingerprint density at radius 3 is 2.05 bits per heavy atom. The van der Waals surface area contributed by atoms with E-state index in [1.165, 1.54) is 0 Å². The third-order valence-corrected chi connectivity index (χ3v) is 3.45. The van der Waals surface area contributed by atoms with Crippen LogP contribution in [0.4, 0.5) is 0 Å². The number of rotatable bonds is 9. The van der Waals surface area contributed by atoms with Gasteiger partial charge in [-0.15, -0.1) is 0 Å². The highest BCUT2D eigenvalue weighted by Gasteiger charge is 2.25. The molecule has 0 fully saturated rings. The van der Waals surface area contributed by atoms with E-state index in [0.29, 0.717) is 18.9 Å². The van der Waals surface area contributed by atoms with Gasteiger partial charge in [-0.25, -0.2) is 0 Å². The zero-order chi connectivity index (χ0) is 14.8. The largest absolute Gasteiger partial charge is 0.354 e. The summed E-state index contributed by atoms with van der Waals surface area (Å²) >= 11 is 0. The molecule has 0 aliphatic heterocycles. The molecular formula is C15H30N2O2. The predicted octanol–water partition coefficient (Wildman–Crippen LogP) is 2.48. The molecule has 0 aliphatic carbocycles. The van der Waals surface area contributed by atoms with Gasteiger partial charge in [-0.3, -0.25) is 9.59 Å². The smallest absolute Gasteiger partial charge is 0.242 e. The van der Waals surface area contributed by atoms with E-state index in [0.717, 1.165) is 19.3 Å². The van der Waals surface area contributed by atoms with Crippen LogP contribution in [-0.4, -0.2) is 24.4 Å². The van der Waals surface area contributed by atoms with Crippen molar-refractivity contribution >= 4 is 11.8 Å². The highest BCUT2D eigenvalue weighted by atomic mass is 16.2. The molecule has 0 radical (unpaired) electrons. The Morgan fingerprint density at radius 1 is 1.00 bits per heavy atom. The van der Waals surface area contributed by atoms with Gasteiger partial charge >= 0.3 is 0 Å². The molecule has 4 nitrogen and oxygen atoms in total. The van der Waals surface area contributed by atoms with Gasteiger partial charge in [0, 0.05) is 12.5 Å². The van der Waals surface area contributed by atoms with E-state index in [1.54, 1.807) is 0 Å². The summed E-state index contributed by atoms with van der Waals surface area (Å²) < 4.78 is 0. The van der Waals surface area contributed by atoms with Crippen LogP contribution in [0, 0.1) is 11.8 Å². The minimum absolute atomic E-state index is 0.00464. The Morgan fingerprint density at radius 2 is 1.63 bits per heavy atom. The summed E-state index contributed by atoms with van der Waals surface area (Å²) in [6, 6.07) is -0.405. The molecule has 0 heterocycles. The van der Waals surface area contributed by atoms with Gasteiger partial charge in [0.2, 0.25) is 11.8 Å². The fourth-order valence-electron chi connectivity index (χ4n) is 2.10. The van der Waals surface area contributed by atoms with E-state index in [-0.39, 0.29) is 17.7 Å². The maximum absolute atomic E-state index is 12.1. The second kappa shape index (κ2) is 9.82. The average molecular weight is 270 g/mol. The molecule has 0 aromatic rings. The summed E-state index contributed by atoms with van der Waals surface area (Å²) in [5.74, 6) is 0.209. The molecule has 112 valence electrons. The van der Waals surface area contributed by atoms with Gasteiger partial charge in [-0.2, -0.15) is 0 Å². The third-order valence-electron chi connectivity index (χ3n) is 3.45. The van der Waals surface area contributed by atoms with Gasteiger partial charge in [-0.05, 0) is 25.2 Å². The molecule has 2 unspecified atom stereocenters. The first-order valence-electron chi connectivity index (χ1n) is 7.55. The molecule has 0 bridgehead atoms. The Kier molecular flexibility index (Phi) is 9.27. The second-order valence-electron chi connectivity index (χ2n) is 5.37. The lowest BCUT2D eigenvalue weighted by molar-refractivity contribution is -0.132. The molecule has 4 heteroatoms. The fourth-order valence-corrected chi connectivity index (χ4v) is 2.10. The van der Waals surface area contributed by atoms with Crippen LogP contribution in [0.25, 0.3) is 0 Å². The fraction of sp³-hybridized carbons (Fsp3) is 0.867. The average Bonchev–Trinajstić information content (AvgIpc) is 2.36. The van der Waals surface area contributed by atoms with Gasteiger partial charge < -0.3 is 10.6 Å². The van der Waals surface area contributed by atoms with Crippen molar-refractivity contribution in [3.63, 3.8) is 0 Å². The lowest BCUT2D eigenvalue weighted by Gasteiger charge is -2.22. The zero-order valence-corrected chi connectivity index (χ0v) is 13.1. The standard InChI is InChI=1S/C15H30N2O2/c1-6-9-10-16-15(19)13(8-3)17-14(18)12(7-2)11(4)5/h11-13H,6-10H2,1-5H3,(H,16,19)(H,17,18). The van der Waals surface area contributed by atoms with Gasteiger partial charge in [0.05, 0.1) is 0 Å². The molecule has 0 saturated heterocycles. The first-order valence-corrected chi connectivity index (χ1v) is 7.55. The first kappa shape index (κ1) is 17.9. The van der Waals surface area contributed by atoms with E-state index in [4.69, 9.17) is 0 Å². The molecule has 2 amide bonds. The quantitative estimate of drug-likeness (QED) is 0.632. The summed E-state index contributed by atoms with van der Waals surface area (Å²) in [6.45, 7) is 10.8. The van der Waals surface area contributed by atoms with Gasteiger partial charge in [-0.1, -0.05) is 41.0 Å². The Hall–Kier alpha value is -1.06. The highest BCUT2D eigenvalue weighted by Crippen LogP contribution is 2.15. The molecule has 0 saturated carbocycles. The number of nitrogens with one attached hydrogen (secondary N) is 2. The van der Waals surface area contributed by atoms with Crippen molar-refractivity contribution in [1.29, 1.82) is 0 Å². The molecule has 2 N–H and O–H groups in total. The molecule has 2 atom stereocenters. The van der Waals surface area contributed by atoms with Crippen LogP contribution in [0.5, 0.6) is 0 Å². The predicted molar refractivity (Wildman–Crippen MR) is 78.8 cm³/mol. The van der Waals surface area contributed by atoms with Crippen LogP contribution in [0.1, 0.15) is 60.3 Å². The summed E-state index contributed by atoms with van der Waals surface area (Å²) in [6.07, 6.45) is 3.45. The third kappa shape index (κ3) is 6.60. The lowest BCUT2D eigenvalue weighted by atomic mass is 9.92. The molecule has 0 aromatic carbocycles. The van der Waals surface area contributed by atoms with E-state index >= 15 is 0 Å². The number of unbranched alkanes of at least 4 members (excludes halogenated alkanes) is 1. The monoisotopic (exact) mass is 270 g/mol. The van der Waals surface area contributed by atoms with E-state index in [9.17, 15) is 9.59 Å². The molecular weight excluding hydrogens is 240 g/mol. The van der Waals surface area contributed by atoms with Gasteiger partial charge in [0.1, 0.15) is 6.04 Å². The van der Waals surface area contributed by atoms with Crippen LogP contribution in [-0.2, 0) is 9.59 Å². The minimum Gasteiger partial charge on any atom is -0.354 e. The molecule has 0 rings (SSSR count). The van der Waals surface area contributed by atoms with Gasteiger partial charge in [0.15, 0.2) is 0 Å². The number of hydrogen-bond acceptors (Lipinski definition) is 2. The maximum Gasteiger partial charge on any atom is 0.242 e. The minimum atomic E-state index is -0.405. The Balaban J connectivity index is 4.38. The van der Waals surface area contributed by atoms with Crippen molar-refractivity contribution in [2.75, 3.05) is 6.54 Å². The highest BCUT2D eigenvalue weighted by molar-refractivity contribution is 5.88.